The molecule has 1 rings (SSSR count). The maximum absolute atomic E-state index is 10.7. The zero-order valence-electron chi connectivity index (χ0n) is 18.4. The highest BCUT2D eigenvalue weighted by atomic mass is 16.5. The molecule has 1 atom stereocenters. The third-order valence-electron chi connectivity index (χ3n) is 4.80. The quantitative estimate of drug-likeness (QED) is 0.281. The Morgan fingerprint density at radius 3 is 2.37 bits per heavy atom. The van der Waals surface area contributed by atoms with Crippen LogP contribution in [-0.4, -0.2) is 97.6 Å². The van der Waals surface area contributed by atoms with Gasteiger partial charge in [-0.2, -0.15) is 0 Å². The summed E-state index contributed by atoms with van der Waals surface area (Å²) < 4.78 is 5.37. The molecule has 1 aliphatic heterocycles. The normalized spacial score (nSPS) is 19.0. The Morgan fingerprint density at radius 2 is 1.81 bits per heavy atom. The minimum atomic E-state index is -0.841. The molecule has 0 aromatic heterocycles. The first-order valence-corrected chi connectivity index (χ1v) is 10.6. The summed E-state index contributed by atoms with van der Waals surface area (Å²) in [5.74, 6) is 0.778. The van der Waals surface area contributed by atoms with Gasteiger partial charge in [0.15, 0.2) is 5.96 Å². The summed E-state index contributed by atoms with van der Waals surface area (Å²) in [6.07, 6.45) is 1.06. The van der Waals surface area contributed by atoms with Gasteiger partial charge in [-0.3, -0.25) is 14.8 Å². The lowest BCUT2D eigenvalue weighted by molar-refractivity contribution is -0.0180. The maximum atomic E-state index is 10.7. The van der Waals surface area contributed by atoms with Gasteiger partial charge >= 0.3 is 0 Å². The van der Waals surface area contributed by atoms with E-state index in [0.717, 1.165) is 58.3 Å². The SMILES string of the molecule is CCNC(=NCC(C)(O)CN1CCOCC1)NCCCN(C(C)C)C(C)C. The van der Waals surface area contributed by atoms with Crippen LogP contribution in [0, 0.1) is 0 Å². The number of ether oxygens (including phenoxy) is 1. The first-order chi connectivity index (χ1) is 12.7. The van der Waals surface area contributed by atoms with Gasteiger partial charge in [0.1, 0.15) is 0 Å². The molecule has 1 unspecified atom stereocenters. The zero-order chi connectivity index (χ0) is 20.3. The first kappa shape index (κ1) is 24.1. The predicted octanol–water partition coefficient (Wildman–Crippen LogP) is 1.13. The summed E-state index contributed by atoms with van der Waals surface area (Å²) in [5.41, 5.74) is -0.841. The van der Waals surface area contributed by atoms with Crippen LogP contribution in [0.2, 0.25) is 0 Å². The first-order valence-electron chi connectivity index (χ1n) is 10.6. The van der Waals surface area contributed by atoms with E-state index in [1.165, 1.54) is 0 Å². The number of rotatable bonds is 11. The van der Waals surface area contributed by atoms with Crippen molar-refractivity contribution in [1.29, 1.82) is 0 Å². The van der Waals surface area contributed by atoms with Gasteiger partial charge in [0.2, 0.25) is 0 Å². The summed E-state index contributed by atoms with van der Waals surface area (Å²) in [6.45, 7) is 19.9. The average Bonchev–Trinajstić information content (AvgIpc) is 2.59. The molecule has 0 spiro atoms. The summed E-state index contributed by atoms with van der Waals surface area (Å²) in [6, 6.07) is 1.12. The van der Waals surface area contributed by atoms with E-state index >= 15 is 0 Å². The number of hydrogen-bond donors (Lipinski definition) is 3. The van der Waals surface area contributed by atoms with Crippen LogP contribution in [0.4, 0.5) is 0 Å². The van der Waals surface area contributed by atoms with Gasteiger partial charge in [0, 0.05) is 51.4 Å². The van der Waals surface area contributed by atoms with Crippen LogP contribution in [0.3, 0.4) is 0 Å². The summed E-state index contributed by atoms with van der Waals surface area (Å²) in [7, 11) is 0. The number of nitrogens with one attached hydrogen (secondary N) is 2. The molecule has 1 fully saturated rings. The lowest BCUT2D eigenvalue weighted by Crippen LogP contribution is -2.48. The van der Waals surface area contributed by atoms with E-state index in [1.807, 2.05) is 6.92 Å². The van der Waals surface area contributed by atoms with E-state index in [0.29, 0.717) is 25.2 Å². The van der Waals surface area contributed by atoms with Crippen LogP contribution in [0.1, 0.15) is 48.0 Å². The molecule has 0 bridgehead atoms. The minimum Gasteiger partial charge on any atom is -0.387 e. The number of nitrogens with zero attached hydrogens (tertiary/aromatic N) is 3. The number of β-amino-alcohol motifs (C(OH)–C–C–N with tert-alkyl or cyclic N) is 1. The monoisotopic (exact) mass is 385 g/mol. The second-order valence-electron chi connectivity index (χ2n) is 8.29. The molecule has 0 aromatic rings. The average molecular weight is 386 g/mol. The lowest BCUT2D eigenvalue weighted by Gasteiger charge is -2.33. The Hall–Kier alpha value is -0.890. The van der Waals surface area contributed by atoms with Crippen LogP contribution in [0.5, 0.6) is 0 Å². The highest BCUT2D eigenvalue weighted by Crippen LogP contribution is 2.09. The van der Waals surface area contributed by atoms with Gasteiger partial charge in [0.05, 0.1) is 25.4 Å². The van der Waals surface area contributed by atoms with E-state index in [-0.39, 0.29) is 0 Å². The van der Waals surface area contributed by atoms with Crippen molar-refractivity contribution in [1.82, 2.24) is 20.4 Å². The van der Waals surface area contributed by atoms with E-state index in [2.05, 4.69) is 60.0 Å². The van der Waals surface area contributed by atoms with Crippen LogP contribution in [0.15, 0.2) is 4.99 Å². The van der Waals surface area contributed by atoms with Gasteiger partial charge in [-0.25, -0.2) is 0 Å². The predicted molar refractivity (Wildman–Crippen MR) is 113 cm³/mol. The molecule has 1 heterocycles. The Balaban J connectivity index is 2.43. The topological polar surface area (TPSA) is 72.4 Å². The van der Waals surface area contributed by atoms with Crippen molar-refractivity contribution in [3.63, 3.8) is 0 Å². The number of guanidine groups is 1. The van der Waals surface area contributed by atoms with Gasteiger partial charge in [-0.05, 0) is 48.0 Å². The van der Waals surface area contributed by atoms with Crippen LogP contribution in [-0.2, 0) is 4.74 Å². The zero-order valence-corrected chi connectivity index (χ0v) is 18.4. The van der Waals surface area contributed by atoms with E-state index in [1.54, 1.807) is 0 Å². The van der Waals surface area contributed by atoms with Crippen LogP contribution < -0.4 is 10.6 Å². The molecule has 1 aliphatic rings. The smallest absolute Gasteiger partial charge is 0.191 e. The van der Waals surface area contributed by atoms with Crippen molar-refractivity contribution >= 4 is 5.96 Å². The maximum Gasteiger partial charge on any atom is 0.191 e. The second-order valence-corrected chi connectivity index (χ2v) is 8.29. The Kier molecular flexibility index (Phi) is 11.2. The summed E-state index contributed by atoms with van der Waals surface area (Å²) in [4.78, 5) is 9.35. The van der Waals surface area contributed by atoms with Crippen molar-refractivity contribution < 1.29 is 9.84 Å². The summed E-state index contributed by atoms with van der Waals surface area (Å²) in [5, 5.41) is 17.4. The fraction of sp³-hybridized carbons (Fsp3) is 0.950. The standard InChI is InChI=1S/C20H43N5O2/c1-7-21-19(22-9-8-10-25(17(2)3)18(4)5)23-15-20(6,26)16-24-11-13-27-14-12-24/h17-18,26H,7-16H2,1-6H3,(H2,21,22,23). The van der Waals surface area contributed by atoms with Gasteiger partial charge in [-0.1, -0.05) is 0 Å². The fourth-order valence-corrected chi connectivity index (χ4v) is 3.46. The lowest BCUT2D eigenvalue weighted by atomic mass is 10.1. The molecular weight excluding hydrogens is 342 g/mol. The van der Waals surface area contributed by atoms with Crippen LogP contribution in [0.25, 0.3) is 0 Å². The van der Waals surface area contributed by atoms with Gasteiger partial charge < -0.3 is 20.5 Å². The Bertz CT molecular complexity index is 413. The van der Waals surface area contributed by atoms with Gasteiger partial charge in [-0.15, -0.1) is 0 Å². The Labute approximate surface area is 166 Å². The molecule has 160 valence electrons. The Morgan fingerprint density at radius 1 is 1.19 bits per heavy atom. The molecule has 0 saturated carbocycles. The number of aliphatic hydroxyl groups is 1. The third kappa shape index (κ3) is 10.3. The highest BCUT2D eigenvalue weighted by molar-refractivity contribution is 5.79. The van der Waals surface area contributed by atoms with E-state index in [9.17, 15) is 5.11 Å². The molecule has 0 amide bonds. The highest BCUT2D eigenvalue weighted by Gasteiger charge is 2.25. The molecule has 7 nitrogen and oxygen atoms in total. The van der Waals surface area contributed by atoms with Gasteiger partial charge in [0.25, 0.3) is 0 Å². The van der Waals surface area contributed by atoms with Crippen molar-refractivity contribution in [2.45, 2.75) is 65.6 Å². The molecule has 1 saturated heterocycles. The van der Waals surface area contributed by atoms with Crippen molar-refractivity contribution in [3.8, 4) is 0 Å². The number of hydrogen-bond acceptors (Lipinski definition) is 5. The molecular formula is C20H43N5O2. The van der Waals surface area contributed by atoms with Crippen molar-refractivity contribution in [2.24, 2.45) is 4.99 Å². The molecule has 3 N–H and O–H groups in total. The fourth-order valence-electron chi connectivity index (χ4n) is 3.46. The molecule has 7 heteroatoms. The largest absolute Gasteiger partial charge is 0.387 e. The minimum absolute atomic E-state index is 0.379. The van der Waals surface area contributed by atoms with Crippen molar-refractivity contribution in [3.05, 3.63) is 0 Å². The number of aliphatic imine (C=N–C) groups is 1. The summed E-state index contributed by atoms with van der Waals surface area (Å²) >= 11 is 0. The van der Waals surface area contributed by atoms with Crippen LogP contribution >= 0.6 is 0 Å². The molecule has 0 aromatic carbocycles. The van der Waals surface area contributed by atoms with E-state index in [4.69, 9.17) is 4.74 Å². The molecule has 27 heavy (non-hydrogen) atoms. The van der Waals surface area contributed by atoms with E-state index < -0.39 is 5.60 Å². The molecule has 0 radical (unpaired) electrons. The number of morpholine rings is 1. The van der Waals surface area contributed by atoms with Crippen molar-refractivity contribution in [2.75, 3.05) is 59.0 Å². The second kappa shape index (κ2) is 12.5. The molecule has 0 aliphatic carbocycles. The third-order valence-corrected chi connectivity index (χ3v) is 4.80.